The molecule has 0 aliphatic carbocycles. The Morgan fingerprint density at radius 3 is 0.933 bits per heavy atom. The quantitative estimate of drug-likeness (QED) is 0.147. The van der Waals surface area contributed by atoms with Gasteiger partial charge in [0, 0.05) is 27.8 Å². The lowest BCUT2D eigenvalue weighted by Crippen LogP contribution is -2.00. The highest BCUT2D eigenvalue weighted by molar-refractivity contribution is 5.81. The summed E-state index contributed by atoms with van der Waals surface area (Å²) in [6.07, 6.45) is 0. The van der Waals surface area contributed by atoms with E-state index in [9.17, 15) is 0 Å². The molecule has 0 aliphatic heterocycles. The van der Waals surface area contributed by atoms with Crippen molar-refractivity contribution in [2.75, 3.05) is 0 Å². The van der Waals surface area contributed by atoms with Gasteiger partial charge in [0.2, 0.25) is 0 Å². The zero-order valence-electron chi connectivity index (χ0n) is 32.7. The van der Waals surface area contributed by atoms with Gasteiger partial charge < -0.3 is 0 Å². The molecule has 0 amide bonds. The van der Waals surface area contributed by atoms with E-state index in [0.29, 0.717) is 17.5 Å². The first-order valence-corrected chi connectivity index (χ1v) is 20.1. The van der Waals surface area contributed by atoms with Crippen LogP contribution in [-0.2, 0) is 0 Å². The fourth-order valence-corrected chi connectivity index (χ4v) is 7.58. The van der Waals surface area contributed by atoms with Crippen molar-refractivity contribution in [1.29, 1.82) is 0 Å². The summed E-state index contributed by atoms with van der Waals surface area (Å²) in [5.74, 6) is 1.90. The van der Waals surface area contributed by atoms with Gasteiger partial charge in [-0.2, -0.15) is 0 Å². The maximum atomic E-state index is 5.32. The van der Waals surface area contributed by atoms with Crippen molar-refractivity contribution in [1.82, 2.24) is 19.9 Å². The summed E-state index contributed by atoms with van der Waals surface area (Å²) < 4.78 is 0. The van der Waals surface area contributed by atoms with Crippen molar-refractivity contribution in [2.45, 2.75) is 0 Å². The molecule has 4 nitrogen and oxygen atoms in total. The first-order chi connectivity index (χ1) is 29.7. The predicted octanol–water partition coefficient (Wildman–Crippen LogP) is 14.3. The molecule has 0 spiro atoms. The third-order valence-electron chi connectivity index (χ3n) is 10.8. The van der Waals surface area contributed by atoms with Crippen LogP contribution in [0.3, 0.4) is 0 Å². The summed E-state index contributed by atoms with van der Waals surface area (Å²) in [6, 6.07) is 80.1. The molecule has 2 heterocycles. The average molecular weight is 767 g/mol. The van der Waals surface area contributed by atoms with Crippen LogP contribution < -0.4 is 0 Å². The zero-order chi connectivity index (χ0) is 40.1. The van der Waals surface area contributed by atoms with Gasteiger partial charge in [-0.15, -0.1) is 0 Å². The van der Waals surface area contributed by atoms with Crippen molar-refractivity contribution < 1.29 is 0 Å². The molecule has 0 atom stereocenters. The van der Waals surface area contributed by atoms with Gasteiger partial charge in [0.05, 0.1) is 11.4 Å². The van der Waals surface area contributed by atoms with Crippen molar-refractivity contribution in [3.63, 3.8) is 0 Å². The topological polar surface area (TPSA) is 51.6 Å². The first-order valence-electron chi connectivity index (χ1n) is 20.1. The minimum absolute atomic E-state index is 0.622. The van der Waals surface area contributed by atoms with Gasteiger partial charge in [-0.25, -0.2) is 19.9 Å². The second kappa shape index (κ2) is 16.4. The molecular weight excluding hydrogens is 729 g/mol. The minimum Gasteiger partial charge on any atom is -0.248 e. The van der Waals surface area contributed by atoms with Gasteiger partial charge >= 0.3 is 0 Å². The van der Waals surface area contributed by atoms with Crippen LogP contribution in [0.2, 0.25) is 0 Å². The van der Waals surface area contributed by atoms with Gasteiger partial charge in [-0.3, -0.25) is 0 Å². The zero-order valence-corrected chi connectivity index (χ0v) is 32.7. The fraction of sp³-hybridized carbons (Fsp3) is 0. The number of hydrogen-bond donors (Lipinski definition) is 0. The number of nitrogens with zero attached hydrogens (tertiary/aromatic N) is 4. The summed E-state index contributed by atoms with van der Waals surface area (Å²) in [5, 5.41) is 0. The van der Waals surface area contributed by atoms with Gasteiger partial charge in [-0.05, 0) is 68.8 Å². The van der Waals surface area contributed by atoms with E-state index in [0.717, 1.165) is 61.5 Å². The van der Waals surface area contributed by atoms with E-state index >= 15 is 0 Å². The number of hydrogen-bond acceptors (Lipinski definition) is 4. The Morgan fingerprint density at radius 2 is 0.467 bits per heavy atom. The molecule has 0 N–H and O–H groups in total. The minimum atomic E-state index is 0.622. The fourth-order valence-electron chi connectivity index (χ4n) is 7.58. The molecule has 8 aromatic carbocycles. The third kappa shape index (κ3) is 7.78. The highest BCUT2D eigenvalue weighted by atomic mass is 15.0. The normalized spacial score (nSPS) is 11.0. The van der Waals surface area contributed by atoms with Gasteiger partial charge in [0.1, 0.15) is 0 Å². The Hall–Kier alpha value is -8.08. The predicted molar refractivity (Wildman–Crippen MR) is 247 cm³/mol. The van der Waals surface area contributed by atoms with Crippen LogP contribution in [0, 0.1) is 0 Å². The van der Waals surface area contributed by atoms with Crippen LogP contribution in [-0.4, -0.2) is 19.9 Å². The van der Waals surface area contributed by atoms with E-state index in [2.05, 4.69) is 164 Å². The molecule has 10 rings (SSSR count). The molecule has 0 radical (unpaired) electrons. The number of benzene rings is 8. The average Bonchev–Trinajstić information content (AvgIpc) is 3.35. The molecule has 0 aliphatic rings. The smallest absolute Gasteiger partial charge is 0.164 e. The van der Waals surface area contributed by atoms with E-state index < -0.39 is 0 Å². The maximum Gasteiger partial charge on any atom is 0.164 e. The second-order valence-electron chi connectivity index (χ2n) is 14.7. The highest BCUT2D eigenvalue weighted by Crippen LogP contribution is 2.35. The molecular formula is C56H38N4. The van der Waals surface area contributed by atoms with E-state index in [1.165, 1.54) is 22.3 Å². The Balaban J connectivity index is 1.04. The molecule has 10 aromatic rings. The van der Waals surface area contributed by atoms with Gasteiger partial charge in [0.25, 0.3) is 0 Å². The van der Waals surface area contributed by atoms with E-state index in [-0.39, 0.29) is 0 Å². The van der Waals surface area contributed by atoms with Crippen LogP contribution in [0.1, 0.15) is 0 Å². The molecule has 0 fully saturated rings. The SMILES string of the molecule is c1ccc(-c2ccc(-c3cc(-c4ccc(-c5ccccc5)cc4)nc(-c4cccc(-c5cccc(-c6nc(-c7ccccc7)nc(-c7ccccc7)n6)c5)c4)c3)cc2)cc1. The van der Waals surface area contributed by atoms with Crippen LogP contribution in [0.5, 0.6) is 0 Å². The summed E-state index contributed by atoms with van der Waals surface area (Å²) in [5.41, 5.74) is 15.8. The van der Waals surface area contributed by atoms with Gasteiger partial charge in [-0.1, -0.05) is 206 Å². The molecule has 0 bridgehead atoms. The van der Waals surface area contributed by atoms with Crippen molar-refractivity contribution in [3.05, 3.63) is 231 Å². The Morgan fingerprint density at radius 1 is 0.167 bits per heavy atom. The maximum absolute atomic E-state index is 5.32. The Labute approximate surface area is 350 Å². The lowest BCUT2D eigenvalue weighted by molar-refractivity contribution is 1.07. The van der Waals surface area contributed by atoms with E-state index in [1.54, 1.807) is 0 Å². The van der Waals surface area contributed by atoms with Crippen LogP contribution in [0.25, 0.3) is 101 Å². The standard InChI is InChI=1S/C56H38N4/c1-5-15-39(16-6-1)41-27-29-43(30-28-41)51-37-52(44-33-31-42(32-34-44)40-17-7-2-8-18-40)57-53(38-51)49-25-13-23-47(35-49)48-24-14-26-50(36-48)56-59-54(45-19-9-3-10-20-45)58-55(60-56)46-21-11-4-12-22-46/h1-38H. The lowest BCUT2D eigenvalue weighted by atomic mass is 9.95. The second-order valence-corrected chi connectivity index (χ2v) is 14.7. The van der Waals surface area contributed by atoms with Gasteiger partial charge in [0.15, 0.2) is 17.5 Å². The molecule has 0 unspecified atom stereocenters. The highest BCUT2D eigenvalue weighted by Gasteiger charge is 2.15. The number of aromatic nitrogens is 4. The Kier molecular flexibility index (Phi) is 9.92. The molecule has 2 aromatic heterocycles. The van der Waals surface area contributed by atoms with Crippen LogP contribution in [0.4, 0.5) is 0 Å². The van der Waals surface area contributed by atoms with E-state index in [1.807, 2.05) is 66.7 Å². The Bertz CT molecular complexity index is 2880. The summed E-state index contributed by atoms with van der Waals surface area (Å²) in [6.45, 7) is 0. The molecule has 0 saturated heterocycles. The van der Waals surface area contributed by atoms with Crippen molar-refractivity contribution >= 4 is 0 Å². The number of pyridine rings is 1. The molecule has 60 heavy (non-hydrogen) atoms. The molecule has 4 heteroatoms. The summed E-state index contributed by atoms with van der Waals surface area (Å²) in [4.78, 5) is 20.2. The van der Waals surface area contributed by atoms with Crippen LogP contribution >= 0.6 is 0 Å². The lowest BCUT2D eigenvalue weighted by Gasteiger charge is -2.13. The van der Waals surface area contributed by atoms with Crippen molar-refractivity contribution in [2.24, 2.45) is 0 Å². The number of rotatable bonds is 9. The van der Waals surface area contributed by atoms with E-state index in [4.69, 9.17) is 19.9 Å². The largest absolute Gasteiger partial charge is 0.248 e. The molecule has 0 saturated carbocycles. The first kappa shape index (κ1) is 36.3. The summed E-state index contributed by atoms with van der Waals surface area (Å²) >= 11 is 0. The third-order valence-corrected chi connectivity index (χ3v) is 10.8. The monoisotopic (exact) mass is 766 g/mol. The summed E-state index contributed by atoms with van der Waals surface area (Å²) in [7, 11) is 0. The molecule has 282 valence electrons. The van der Waals surface area contributed by atoms with Crippen LogP contribution in [0.15, 0.2) is 231 Å². The van der Waals surface area contributed by atoms with Crippen molar-refractivity contribution in [3.8, 4) is 101 Å².